The molecule has 7 nitrogen and oxygen atoms in total. The summed E-state index contributed by atoms with van der Waals surface area (Å²) in [6.45, 7) is 2.85. The Morgan fingerprint density at radius 3 is 2.96 bits per heavy atom. The highest BCUT2D eigenvalue weighted by molar-refractivity contribution is 7.11. The number of aromatic nitrogens is 3. The molecule has 0 radical (unpaired) electrons. The molecular weight excluding hydrogens is 338 g/mol. The second-order valence-corrected chi connectivity index (χ2v) is 7.33. The number of anilines is 2. The van der Waals surface area contributed by atoms with Crippen LogP contribution in [0.15, 0.2) is 17.8 Å². The minimum Gasteiger partial charge on any atom is -0.340 e. The predicted octanol–water partition coefficient (Wildman–Crippen LogP) is 2.08. The lowest BCUT2D eigenvalue weighted by molar-refractivity contribution is -0.123. The minimum atomic E-state index is -0.507. The van der Waals surface area contributed by atoms with Gasteiger partial charge < -0.3 is 9.80 Å². The van der Waals surface area contributed by atoms with Crippen molar-refractivity contribution < 1.29 is 9.59 Å². The van der Waals surface area contributed by atoms with Crippen molar-refractivity contribution in [2.45, 2.75) is 38.1 Å². The molecule has 8 heteroatoms. The second-order valence-electron chi connectivity index (χ2n) is 6.44. The van der Waals surface area contributed by atoms with E-state index in [0.29, 0.717) is 16.5 Å². The van der Waals surface area contributed by atoms with E-state index in [9.17, 15) is 9.59 Å². The molecule has 2 aliphatic rings. The first-order valence-corrected chi connectivity index (χ1v) is 9.29. The van der Waals surface area contributed by atoms with Crippen LogP contribution in [0.3, 0.4) is 0 Å². The topological polar surface area (TPSA) is 79.3 Å². The maximum absolute atomic E-state index is 12.9. The van der Waals surface area contributed by atoms with E-state index in [0.717, 1.165) is 31.6 Å². The number of amides is 1. The van der Waals surface area contributed by atoms with Gasteiger partial charge in [0.25, 0.3) is 5.91 Å². The third-order valence-corrected chi connectivity index (χ3v) is 6.00. The van der Waals surface area contributed by atoms with Crippen molar-refractivity contribution in [3.05, 3.63) is 28.6 Å². The van der Waals surface area contributed by atoms with Crippen LogP contribution in [0, 0.1) is 0 Å². The van der Waals surface area contributed by atoms with Gasteiger partial charge >= 0.3 is 0 Å². The Balaban J connectivity index is 1.71. The largest absolute Gasteiger partial charge is 0.340 e. The Hall–Kier alpha value is -2.35. The molecule has 0 bridgehead atoms. The van der Waals surface area contributed by atoms with Gasteiger partial charge in [0.05, 0.1) is 12.6 Å². The summed E-state index contributed by atoms with van der Waals surface area (Å²) in [6.07, 6.45) is 5.93. The van der Waals surface area contributed by atoms with Gasteiger partial charge in [-0.05, 0) is 19.3 Å². The molecule has 0 aliphatic carbocycles. The summed E-state index contributed by atoms with van der Waals surface area (Å²) in [4.78, 5) is 42.0. The Bertz CT molecular complexity index is 838. The average Bonchev–Trinajstić information content (AvgIpc) is 3.29. The lowest BCUT2D eigenvalue weighted by Gasteiger charge is -2.45. The van der Waals surface area contributed by atoms with Crippen LogP contribution in [-0.2, 0) is 11.2 Å². The number of rotatable bonds is 4. The highest BCUT2D eigenvalue weighted by Crippen LogP contribution is 2.45. The van der Waals surface area contributed by atoms with E-state index in [1.807, 2.05) is 6.92 Å². The van der Waals surface area contributed by atoms with Crippen molar-refractivity contribution in [2.75, 3.05) is 23.4 Å². The van der Waals surface area contributed by atoms with Gasteiger partial charge in [-0.15, -0.1) is 11.3 Å². The summed E-state index contributed by atoms with van der Waals surface area (Å²) in [5.74, 6) is 1.26. The summed E-state index contributed by atoms with van der Waals surface area (Å²) in [6, 6.07) is 0. The van der Waals surface area contributed by atoms with Gasteiger partial charge in [-0.2, -0.15) is 0 Å². The highest BCUT2D eigenvalue weighted by Gasteiger charge is 2.52. The molecule has 2 aromatic rings. The SMILES string of the molecule is CCC12CCCN1c1nc(CC(=O)c3nccs3)ncc1N(C)C2=O. The lowest BCUT2D eigenvalue weighted by atomic mass is 9.89. The monoisotopic (exact) mass is 357 g/mol. The van der Waals surface area contributed by atoms with Gasteiger partial charge in [0, 0.05) is 25.2 Å². The fourth-order valence-corrected chi connectivity index (χ4v) is 4.43. The number of nitrogens with zero attached hydrogens (tertiary/aromatic N) is 5. The summed E-state index contributed by atoms with van der Waals surface area (Å²) in [5, 5.41) is 2.25. The maximum Gasteiger partial charge on any atom is 0.252 e. The number of ketones is 1. The number of carbonyl (C=O) groups is 2. The smallest absolute Gasteiger partial charge is 0.252 e. The summed E-state index contributed by atoms with van der Waals surface area (Å²) >= 11 is 1.32. The molecule has 4 rings (SSSR count). The van der Waals surface area contributed by atoms with Gasteiger partial charge in [-0.3, -0.25) is 9.59 Å². The van der Waals surface area contributed by atoms with Gasteiger partial charge in [0.1, 0.15) is 17.1 Å². The summed E-state index contributed by atoms with van der Waals surface area (Å²) in [7, 11) is 1.78. The third kappa shape index (κ3) is 2.35. The number of hydrogen-bond acceptors (Lipinski definition) is 7. The lowest BCUT2D eigenvalue weighted by Crippen LogP contribution is -2.59. The highest BCUT2D eigenvalue weighted by atomic mass is 32.1. The molecule has 25 heavy (non-hydrogen) atoms. The molecule has 4 heterocycles. The van der Waals surface area contributed by atoms with Crippen LogP contribution in [0.4, 0.5) is 11.5 Å². The van der Waals surface area contributed by atoms with E-state index in [2.05, 4.69) is 19.9 Å². The Kier molecular flexibility index (Phi) is 3.79. The van der Waals surface area contributed by atoms with Gasteiger partial charge in [0.15, 0.2) is 16.6 Å². The Morgan fingerprint density at radius 1 is 1.40 bits per heavy atom. The Morgan fingerprint density at radius 2 is 2.24 bits per heavy atom. The quantitative estimate of drug-likeness (QED) is 0.780. The van der Waals surface area contributed by atoms with Crippen LogP contribution in [0.5, 0.6) is 0 Å². The van der Waals surface area contributed by atoms with Crippen molar-refractivity contribution in [3.63, 3.8) is 0 Å². The van der Waals surface area contributed by atoms with Crippen LogP contribution < -0.4 is 9.80 Å². The van der Waals surface area contributed by atoms with E-state index in [-0.39, 0.29) is 18.1 Å². The number of thiazole rings is 1. The fraction of sp³-hybridized carbons (Fsp3) is 0.471. The molecule has 1 saturated heterocycles. The standard InChI is InChI=1S/C17H19N5O2S/c1-3-17-5-4-7-22(17)14-11(21(2)16(17)24)10-19-13(20-14)9-12(23)15-18-6-8-25-15/h6,8,10H,3-5,7,9H2,1-2H3. The van der Waals surface area contributed by atoms with Crippen molar-refractivity contribution >= 4 is 34.5 Å². The second kappa shape index (κ2) is 5.87. The molecule has 0 N–H and O–H groups in total. The molecule has 1 unspecified atom stereocenters. The van der Waals surface area contributed by atoms with E-state index < -0.39 is 5.54 Å². The first kappa shape index (κ1) is 16.1. The van der Waals surface area contributed by atoms with Crippen molar-refractivity contribution in [3.8, 4) is 0 Å². The normalized spacial score (nSPS) is 22.1. The van der Waals surface area contributed by atoms with Crippen LogP contribution in [-0.4, -0.2) is 45.8 Å². The number of fused-ring (bicyclic) bond motifs is 3. The summed E-state index contributed by atoms with van der Waals surface area (Å²) in [5.41, 5.74) is 0.202. The van der Waals surface area contributed by atoms with Crippen molar-refractivity contribution in [2.24, 2.45) is 0 Å². The Labute approximate surface area is 149 Å². The number of likely N-dealkylation sites (N-methyl/N-ethyl adjacent to an activating group) is 1. The van der Waals surface area contributed by atoms with Crippen molar-refractivity contribution in [1.82, 2.24) is 15.0 Å². The zero-order chi connectivity index (χ0) is 17.6. The third-order valence-electron chi connectivity index (χ3n) is 5.18. The molecule has 1 atom stereocenters. The first-order chi connectivity index (χ1) is 12.1. The molecule has 1 fully saturated rings. The summed E-state index contributed by atoms with van der Waals surface area (Å²) < 4.78 is 0. The number of carbonyl (C=O) groups excluding carboxylic acids is 2. The van der Waals surface area contributed by atoms with E-state index in [1.165, 1.54) is 11.3 Å². The molecule has 0 saturated carbocycles. The minimum absolute atomic E-state index is 0.0848. The molecule has 0 spiro atoms. The molecule has 2 aromatic heterocycles. The van der Waals surface area contributed by atoms with Crippen LogP contribution in [0.2, 0.25) is 0 Å². The predicted molar refractivity (Wildman–Crippen MR) is 95.2 cm³/mol. The molecule has 130 valence electrons. The van der Waals surface area contributed by atoms with E-state index in [4.69, 9.17) is 0 Å². The van der Waals surface area contributed by atoms with E-state index >= 15 is 0 Å². The average molecular weight is 357 g/mol. The van der Waals surface area contributed by atoms with E-state index in [1.54, 1.807) is 29.7 Å². The molecule has 1 amide bonds. The molecular formula is C17H19N5O2S. The molecule has 0 aromatic carbocycles. The zero-order valence-electron chi connectivity index (χ0n) is 14.2. The molecule has 2 aliphatic heterocycles. The number of Topliss-reactive ketones (excluding diaryl/α,β-unsaturated/α-hetero) is 1. The van der Waals surface area contributed by atoms with Crippen LogP contribution in [0.25, 0.3) is 0 Å². The number of hydrogen-bond donors (Lipinski definition) is 0. The fourth-order valence-electron chi connectivity index (χ4n) is 3.85. The first-order valence-electron chi connectivity index (χ1n) is 8.41. The van der Waals surface area contributed by atoms with Crippen molar-refractivity contribution in [1.29, 1.82) is 0 Å². The van der Waals surface area contributed by atoms with Gasteiger partial charge in [-0.1, -0.05) is 6.92 Å². The zero-order valence-corrected chi connectivity index (χ0v) is 15.0. The van der Waals surface area contributed by atoms with Crippen LogP contribution in [0.1, 0.15) is 41.8 Å². The maximum atomic E-state index is 12.9. The van der Waals surface area contributed by atoms with Gasteiger partial charge in [-0.25, -0.2) is 15.0 Å². The van der Waals surface area contributed by atoms with Crippen LogP contribution >= 0.6 is 11.3 Å². The van der Waals surface area contributed by atoms with Gasteiger partial charge in [0.2, 0.25) is 0 Å².